The van der Waals surface area contributed by atoms with Gasteiger partial charge in [-0.2, -0.15) is 0 Å². The Morgan fingerprint density at radius 3 is 2.18 bits per heavy atom. The Hall–Kier alpha value is -3.36. The standard InChI is InChI=1S/C19H22N2O7/c1-6-27-14-9-12(20-10(3)22)15-11(18(23)25-4)8-13(19(24)26-5)21-16(15)17(14)28-7-2/h8-9H,6-7H2,1-5H3,(H,20,22). The van der Waals surface area contributed by atoms with E-state index in [2.05, 4.69) is 10.3 Å². The third kappa shape index (κ3) is 4.13. The molecular weight excluding hydrogens is 368 g/mol. The van der Waals surface area contributed by atoms with Crippen molar-refractivity contribution in [3.63, 3.8) is 0 Å². The molecule has 9 heteroatoms. The van der Waals surface area contributed by atoms with Crippen LogP contribution in [0.15, 0.2) is 12.1 Å². The van der Waals surface area contributed by atoms with Gasteiger partial charge in [-0.05, 0) is 19.9 Å². The molecule has 2 aromatic rings. The molecule has 0 aliphatic carbocycles. The van der Waals surface area contributed by atoms with Crippen LogP contribution in [0, 0.1) is 0 Å². The summed E-state index contributed by atoms with van der Waals surface area (Å²) in [5, 5.41) is 2.92. The summed E-state index contributed by atoms with van der Waals surface area (Å²) >= 11 is 0. The van der Waals surface area contributed by atoms with Crippen LogP contribution in [0.2, 0.25) is 0 Å². The number of esters is 2. The van der Waals surface area contributed by atoms with Gasteiger partial charge in [-0.3, -0.25) is 4.79 Å². The fraction of sp³-hybridized carbons (Fsp3) is 0.368. The molecule has 28 heavy (non-hydrogen) atoms. The number of hydrogen-bond acceptors (Lipinski definition) is 8. The van der Waals surface area contributed by atoms with Crippen LogP contribution in [0.3, 0.4) is 0 Å². The number of anilines is 1. The molecule has 0 fully saturated rings. The first kappa shape index (κ1) is 20.9. The van der Waals surface area contributed by atoms with Crippen molar-refractivity contribution in [3.8, 4) is 11.5 Å². The van der Waals surface area contributed by atoms with Crippen LogP contribution in [-0.4, -0.2) is 50.3 Å². The highest BCUT2D eigenvalue weighted by Crippen LogP contribution is 2.41. The Morgan fingerprint density at radius 1 is 1.00 bits per heavy atom. The molecule has 0 saturated heterocycles. The summed E-state index contributed by atoms with van der Waals surface area (Å²) in [5.74, 6) is -1.26. The zero-order valence-electron chi connectivity index (χ0n) is 16.4. The highest BCUT2D eigenvalue weighted by atomic mass is 16.5. The van der Waals surface area contributed by atoms with Crippen molar-refractivity contribution in [2.75, 3.05) is 32.8 Å². The molecule has 0 aliphatic rings. The van der Waals surface area contributed by atoms with E-state index in [4.69, 9.17) is 18.9 Å². The van der Waals surface area contributed by atoms with Gasteiger partial charge in [0.2, 0.25) is 5.91 Å². The third-order valence-electron chi connectivity index (χ3n) is 3.70. The Balaban J connectivity index is 3.02. The Morgan fingerprint density at radius 2 is 1.64 bits per heavy atom. The number of hydrogen-bond donors (Lipinski definition) is 1. The molecule has 2 rings (SSSR count). The number of carbonyl (C=O) groups excluding carboxylic acids is 3. The van der Waals surface area contributed by atoms with Gasteiger partial charge in [0.1, 0.15) is 11.2 Å². The molecule has 0 atom stereocenters. The second-order valence-electron chi connectivity index (χ2n) is 5.56. The Bertz CT molecular complexity index is 924. The largest absolute Gasteiger partial charge is 0.490 e. The van der Waals surface area contributed by atoms with E-state index in [9.17, 15) is 14.4 Å². The number of amides is 1. The van der Waals surface area contributed by atoms with Crippen LogP contribution in [0.25, 0.3) is 10.9 Å². The molecule has 1 aromatic heterocycles. The summed E-state index contributed by atoms with van der Waals surface area (Å²) < 4.78 is 20.9. The van der Waals surface area contributed by atoms with Gasteiger partial charge < -0.3 is 24.3 Å². The zero-order valence-corrected chi connectivity index (χ0v) is 16.4. The van der Waals surface area contributed by atoms with Crippen molar-refractivity contribution >= 4 is 34.4 Å². The van der Waals surface area contributed by atoms with E-state index in [1.165, 1.54) is 27.2 Å². The SMILES string of the molecule is CCOc1cc(NC(C)=O)c2c(C(=O)OC)cc(C(=O)OC)nc2c1OCC. The minimum absolute atomic E-state index is 0.0284. The van der Waals surface area contributed by atoms with Gasteiger partial charge in [0, 0.05) is 18.4 Å². The molecule has 0 aliphatic heterocycles. The van der Waals surface area contributed by atoms with Crippen molar-refractivity contribution in [1.29, 1.82) is 0 Å². The van der Waals surface area contributed by atoms with Crippen molar-refractivity contribution in [2.45, 2.75) is 20.8 Å². The van der Waals surface area contributed by atoms with Crippen molar-refractivity contribution in [1.82, 2.24) is 4.98 Å². The number of rotatable bonds is 7. The smallest absolute Gasteiger partial charge is 0.356 e. The predicted octanol–water partition coefficient (Wildman–Crippen LogP) is 2.56. The molecule has 0 radical (unpaired) electrons. The highest BCUT2D eigenvalue weighted by molar-refractivity contribution is 6.14. The number of methoxy groups -OCH3 is 2. The number of pyridine rings is 1. The first-order valence-electron chi connectivity index (χ1n) is 8.59. The van der Waals surface area contributed by atoms with Crippen molar-refractivity contribution < 1.29 is 33.3 Å². The lowest BCUT2D eigenvalue weighted by Crippen LogP contribution is -2.14. The summed E-state index contributed by atoms with van der Waals surface area (Å²) in [6.45, 7) is 5.50. The van der Waals surface area contributed by atoms with Gasteiger partial charge in [0.25, 0.3) is 0 Å². The number of aromatic nitrogens is 1. The van der Waals surface area contributed by atoms with E-state index in [0.29, 0.717) is 12.4 Å². The first-order chi connectivity index (χ1) is 13.4. The zero-order chi connectivity index (χ0) is 20.8. The number of nitrogens with one attached hydrogen (secondary N) is 1. The molecule has 150 valence electrons. The molecule has 1 amide bonds. The average Bonchev–Trinajstić information content (AvgIpc) is 2.68. The predicted molar refractivity (Wildman–Crippen MR) is 101 cm³/mol. The maximum absolute atomic E-state index is 12.4. The van der Waals surface area contributed by atoms with Crippen molar-refractivity contribution in [3.05, 3.63) is 23.4 Å². The molecule has 9 nitrogen and oxygen atoms in total. The second kappa shape index (κ2) is 9.03. The molecule has 0 spiro atoms. The normalized spacial score (nSPS) is 10.3. The third-order valence-corrected chi connectivity index (χ3v) is 3.70. The van der Waals surface area contributed by atoms with Crippen LogP contribution in [0.1, 0.15) is 41.6 Å². The number of ether oxygens (including phenoxy) is 4. The van der Waals surface area contributed by atoms with Gasteiger partial charge in [-0.25, -0.2) is 14.6 Å². The Labute approximate surface area is 161 Å². The number of benzene rings is 1. The van der Waals surface area contributed by atoms with Crippen LogP contribution in [-0.2, 0) is 14.3 Å². The number of nitrogens with zero attached hydrogens (tertiary/aromatic N) is 1. The van der Waals surface area contributed by atoms with E-state index >= 15 is 0 Å². The summed E-state index contributed by atoms with van der Waals surface area (Å²) in [6.07, 6.45) is 0. The number of fused-ring (bicyclic) bond motifs is 1. The minimum Gasteiger partial charge on any atom is -0.490 e. The molecule has 0 bridgehead atoms. The summed E-state index contributed by atoms with van der Waals surface area (Å²) in [4.78, 5) is 40.5. The second-order valence-corrected chi connectivity index (χ2v) is 5.56. The number of carbonyl (C=O) groups is 3. The fourth-order valence-electron chi connectivity index (χ4n) is 2.68. The lowest BCUT2D eigenvalue weighted by molar-refractivity contribution is -0.114. The molecule has 0 unspecified atom stereocenters. The molecule has 0 saturated carbocycles. The van der Waals surface area contributed by atoms with E-state index in [0.717, 1.165) is 0 Å². The fourth-order valence-corrected chi connectivity index (χ4v) is 2.68. The maximum atomic E-state index is 12.4. The summed E-state index contributed by atoms with van der Waals surface area (Å²) in [5.41, 5.74) is 0.359. The van der Waals surface area contributed by atoms with Gasteiger partial charge >= 0.3 is 11.9 Å². The lowest BCUT2D eigenvalue weighted by atomic mass is 10.0. The highest BCUT2D eigenvalue weighted by Gasteiger charge is 2.25. The quantitative estimate of drug-likeness (QED) is 0.718. The van der Waals surface area contributed by atoms with Crippen LogP contribution in [0.4, 0.5) is 5.69 Å². The van der Waals surface area contributed by atoms with E-state index in [1.807, 2.05) is 0 Å². The van der Waals surface area contributed by atoms with Crippen molar-refractivity contribution in [2.24, 2.45) is 0 Å². The first-order valence-corrected chi connectivity index (χ1v) is 8.59. The average molecular weight is 390 g/mol. The van der Waals surface area contributed by atoms with Gasteiger partial charge in [-0.15, -0.1) is 0 Å². The van der Waals surface area contributed by atoms with Crippen LogP contribution >= 0.6 is 0 Å². The minimum atomic E-state index is -0.739. The van der Waals surface area contributed by atoms with Crippen LogP contribution < -0.4 is 14.8 Å². The summed E-state index contributed by atoms with van der Waals surface area (Å²) in [6, 6.07) is 2.80. The lowest BCUT2D eigenvalue weighted by Gasteiger charge is -2.18. The maximum Gasteiger partial charge on any atom is 0.356 e. The summed E-state index contributed by atoms with van der Waals surface area (Å²) in [7, 11) is 2.41. The van der Waals surface area contributed by atoms with E-state index in [-0.39, 0.29) is 46.1 Å². The van der Waals surface area contributed by atoms with E-state index < -0.39 is 11.9 Å². The molecule has 1 N–H and O–H groups in total. The monoisotopic (exact) mass is 390 g/mol. The van der Waals surface area contributed by atoms with Gasteiger partial charge in [0.15, 0.2) is 11.5 Å². The molecular formula is C19H22N2O7. The van der Waals surface area contributed by atoms with Gasteiger partial charge in [-0.1, -0.05) is 0 Å². The van der Waals surface area contributed by atoms with Gasteiger partial charge in [0.05, 0.1) is 38.7 Å². The van der Waals surface area contributed by atoms with Crippen LogP contribution in [0.5, 0.6) is 11.5 Å². The molecule has 1 heterocycles. The topological polar surface area (TPSA) is 113 Å². The molecule has 1 aromatic carbocycles. The Kier molecular flexibility index (Phi) is 6.75. The van der Waals surface area contributed by atoms with E-state index in [1.54, 1.807) is 19.9 Å².